The number of carbonyl (C=O) groups is 1. The van der Waals surface area contributed by atoms with Crippen molar-refractivity contribution >= 4 is 17.2 Å². The number of halogens is 1. The lowest BCUT2D eigenvalue weighted by atomic mass is 9.89. The second-order valence-electron chi connectivity index (χ2n) is 6.16. The van der Waals surface area contributed by atoms with Crippen molar-refractivity contribution in [3.05, 3.63) is 59.9 Å². The number of likely N-dealkylation sites (tertiary alicyclic amines) is 1. The molecular weight excluding hydrogens is 291 g/mol. The summed E-state index contributed by atoms with van der Waals surface area (Å²) in [5.41, 5.74) is 2.20. The van der Waals surface area contributed by atoms with Crippen molar-refractivity contribution in [2.75, 3.05) is 25.5 Å². The van der Waals surface area contributed by atoms with E-state index in [-0.39, 0.29) is 17.5 Å². The van der Waals surface area contributed by atoms with Crippen LogP contribution in [0.25, 0.3) is 0 Å². The van der Waals surface area contributed by atoms with Gasteiger partial charge in [0.25, 0.3) is 0 Å². The van der Waals surface area contributed by atoms with Crippen LogP contribution in [-0.2, 0) is 0 Å². The second kappa shape index (κ2) is 6.92. The molecule has 0 bridgehead atoms. The summed E-state index contributed by atoms with van der Waals surface area (Å²) in [6.07, 6.45) is 1.83. The molecule has 4 heteroatoms. The molecule has 2 aromatic carbocycles. The van der Waals surface area contributed by atoms with Crippen molar-refractivity contribution in [2.45, 2.75) is 12.8 Å². The Morgan fingerprint density at radius 2 is 1.74 bits per heavy atom. The molecule has 120 valence electrons. The van der Waals surface area contributed by atoms with Gasteiger partial charge in [-0.1, -0.05) is 18.2 Å². The van der Waals surface area contributed by atoms with E-state index in [0.29, 0.717) is 5.69 Å². The summed E-state index contributed by atoms with van der Waals surface area (Å²) >= 11 is 0. The topological polar surface area (TPSA) is 32.3 Å². The molecule has 1 fully saturated rings. The van der Waals surface area contributed by atoms with Gasteiger partial charge in [0.05, 0.1) is 0 Å². The number of hydrogen-bond donors (Lipinski definition) is 1. The first-order valence-electron chi connectivity index (χ1n) is 7.97. The van der Waals surface area contributed by atoms with E-state index >= 15 is 0 Å². The van der Waals surface area contributed by atoms with Gasteiger partial charge in [-0.05, 0) is 63.3 Å². The highest BCUT2D eigenvalue weighted by Crippen LogP contribution is 2.24. The third-order valence-electron chi connectivity index (χ3n) is 4.35. The van der Waals surface area contributed by atoms with Crippen LogP contribution in [0.3, 0.4) is 0 Å². The molecule has 1 heterocycles. The molecule has 3 nitrogen and oxygen atoms in total. The zero-order valence-corrected chi connectivity index (χ0v) is 13.3. The lowest BCUT2D eigenvalue weighted by Gasteiger charge is -2.28. The van der Waals surface area contributed by atoms with Crippen LogP contribution in [-0.4, -0.2) is 30.8 Å². The Labute approximate surface area is 136 Å². The zero-order chi connectivity index (χ0) is 16.2. The highest BCUT2D eigenvalue weighted by atomic mass is 19.1. The van der Waals surface area contributed by atoms with Gasteiger partial charge in [0.1, 0.15) is 5.82 Å². The van der Waals surface area contributed by atoms with E-state index in [0.717, 1.165) is 37.2 Å². The molecule has 0 aromatic heterocycles. The maximum Gasteiger partial charge on any atom is 0.166 e. The summed E-state index contributed by atoms with van der Waals surface area (Å²) in [5, 5.41) is 3.15. The highest BCUT2D eigenvalue weighted by molar-refractivity contribution is 5.98. The molecule has 0 aliphatic carbocycles. The predicted molar refractivity (Wildman–Crippen MR) is 90.7 cm³/mol. The van der Waals surface area contributed by atoms with Crippen LogP contribution >= 0.6 is 0 Å². The predicted octanol–water partition coefficient (Wildman–Crippen LogP) is 4.09. The molecule has 0 atom stereocenters. The van der Waals surface area contributed by atoms with Crippen LogP contribution in [0.4, 0.5) is 15.8 Å². The Bertz CT molecular complexity index is 693. The molecule has 1 aliphatic rings. The van der Waals surface area contributed by atoms with Crippen LogP contribution in [0.5, 0.6) is 0 Å². The van der Waals surface area contributed by atoms with E-state index < -0.39 is 0 Å². The number of anilines is 2. The van der Waals surface area contributed by atoms with Crippen molar-refractivity contribution in [1.29, 1.82) is 0 Å². The minimum atomic E-state index is -0.284. The number of rotatable bonds is 4. The van der Waals surface area contributed by atoms with Crippen LogP contribution < -0.4 is 5.32 Å². The third-order valence-corrected chi connectivity index (χ3v) is 4.35. The van der Waals surface area contributed by atoms with Gasteiger partial charge < -0.3 is 10.2 Å². The van der Waals surface area contributed by atoms with Crippen LogP contribution in [0.15, 0.2) is 48.5 Å². The monoisotopic (exact) mass is 312 g/mol. The first-order valence-corrected chi connectivity index (χ1v) is 7.97. The summed E-state index contributed by atoms with van der Waals surface area (Å²) in [4.78, 5) is 14.9. The summed E-state index contributed by atoms with van der Waals surface area (Å²) in [6.45, 7) is 1.94. The molecule has 1 N–H and O–H groups in total. The van der Waals surface area contributed by atoms with Gasteiger partial charge in [0.2, 0.25) is 0 Å². The zero-order valence-electron chi connectivity index (χ0n) is 13.3. The lowest BCUT2D eigenvalue weighted by molar-refractivity contribution is 0.0857. The summed E-state index contributed by atoms with van der Waals surface area (Å²) in [5.74, 6) is 0.0326. The van der Waals surface area contributed by atoms with E-state index in [1.807, 2.05) is 24.3 Å². The van der Waals surface area contributed by atoms with Gasteiger partial charge in [-0.25, -0.2) is 4.39 Å². The first-order chi connectivity index (χ1) is 11.1. The Morgan fingerprint density at radius 3 is 2.43 bits per heavy atom. The molecule has 0 radical (unpaired) electrons. The fourth-order valence-corrected chi connectivity index (χ4v) is 2.99. The fraction of sp³-hybridized carbons (Fsp3) is 0.316. The number of carbonyl (C=O) groups excluding carboxylic acids is 1. The molecule has 1 aliphatic heterocycles. The maximum absolute atomic E-state index is 13.3. The van der Waals surface area contributed by atoms with Crippen LogP contribution in [0.2, 0.25) is 0 Å². The lowest BCUT2D eigenvalue weighted by Crippen LogP contribution is -2.33. The molecule has 2 aromatic rings. The highest BCUT2D eigenvalue weighted by Gasteiger charge is 2.24. The standard InChI is InChI=1S/C19H21FN2O/c1-22-10-8-14(9-11-22)19(23)15-4-2-6-17(12-15)21-18-7-3-5-16(20)13-18/h2-7,12-14,21H,8-11H2,1H3. The van der Waals surface area contributed by atoms with Crippen molar-refractivity contribution in [2.24, 2.45) is 5.92 Å². The molecule has 0 amide bonds. The van der Waals surface area contributed by atoms with E-state index in [1.165, 1.54) is 12.1 Å². The van der Waals surface area contributed by atoms with Crippen LogP contribution in [0.1, 0.15) is 23.2 Å². The third kappa shape index (κ3) is 3.96. The number of benzene rings is 2. The van der Waals surface area contributed by atoms with Crippen molar-refractivity contribution < 1.29 is 9.18 Å². The molecule has 23 heavy (non-hydrogen) atoms. The van der Waals surface area contributed by atoms with Gasteiger partial charge in [-0.3, -0.25) is 4.79 Å². The van der Waals surface area contributed by atoms with E-state index in [4.69, 9.17) is 0 Å². The maximum atomic E-state index is 13.3. The van der Waals surface area contributed by atoms with Crippen molar-refractivity contribution in [3.63, 3.8) is 0 Å². The quantitative estimate of drug-likeness (QED) is 0.863. The largest absolute Gasteiger partial charge is 0.355 e. The summed E-state index contributed by atoms with van der Waals surface area (Å²) in [6, 6.07) is 13.8. The second-order valence-corrected chi connectivity index (χ2v) is 6.16. The van der Waals surface area contributed by atoms with E-state index in [9.17, 15) is 9.18 Å². The molecule has 0 unspecified atom stereocenters. The van der Waals surface area contributed by atoms with Gasteiger partial charge in [0.15, 0.2) is 5.78 Å². The minimum Gasteiger partial charge on any atom is -0.355 e. The fourth-order valence-electron chi connectivity index (χ4n) is 2.99. The van der Waals surface area contributed by atoms with Gasteiger partial charge in [-0.2, -0.15) is 0 Å². The Kier molecular flexibility index (Phi) is 4.72. The average molecular weight is 312 g/mol. The number of nitrogens with one attached hydrogen (secondary N) is 1. The molecular formula is C19H21FN2O. The number of ketones is 1. The summed E-state index contributed by atoms with van der Waals surface area (Å²) < 4.78 is 13.3. The Balaban J connectivity index is 1.73. The van der Waals surface area contributed by atoms with Gasteiger partial charge in [0, 0.05) is 22.9 Å². The van der Waals surface area contributed by atoms with Crippen molar-refractivity contribution in [3.8, 4) is 0 Å². The van der Waals surface area contributed by atoms with Gasteiger partial charge in [-0.15, -0.1) is 0 Å². The van der Waals surface area contributed by atoms with Crippen molar-refractivity contribution in [1.82, 2.24) is 4.90 Å². The van der Waals surface area contributed by atoms with Crippen LogP contribution in [0, 0.1) is 11.7 Å². The Morgan fingerprint density at radius 1 is 1.09 bits per heavy atom. The van der Waals surface area contributed by atoms with E-state index in [2.05, 4.69) is 17.3 Å². The number of piperidine rings is 1. The van der Waals surface area contributed by atoms with E-state index in [1.54, 1.807) is 12.1 Å². The Hall–Kier alpha value is -2.20. The molecule has 0 spiro atoms. The first kappa shape index (κ1) is 15.7. The molecule has 3 rings (SSSR count). The number of nitrogens with zero attached hydrogens (tertiary/aromatic N) is 1. The smallest absolute Gasteiger partial charge is 0.166 e. The summed E-state index contributed by atoms with van der Waals surface area (Å²) in [7, 11) is 2.09. The van der Waals surface area contributed by atoms with Gasteiger partial charge >= 0.3 is 0 Å². The molecule has 0 saturated carbocycles. The normalized spacial score (nSPS) is 16.3. The molecule has 1 saturated heterocycles. The minimum absolute atomic E-state index is 0.107. The number of hydrogen-bond acceptors (Lipinski definition) is 3. The number of Topliss-reactive ketones (excluding diaryl/α,β-unsaturated/α-hetero) is 1. The SMILES string of the molecule is CN1CCC(C(=O)c2cccc(Nc3cccc(F)c3)c2)CC1. The average Bonchev–Trinajstić information content (AvgIpc) is 2.55.